The average molecular weight is 294 g/mol. The number of benzene rings is 1. The van der Waals surface area contributed by atoms with Crippen molar-refractivity contribution in [2.75, 3.05) is 0 Å². The van der Waals surface area contributed by atoms with Crippen LogP contribution in [0.4, 0.5) is 0 Å². The predicted octanol–water partition coefficient (Wildman–Crippen LogP) is 4.99. The predicted molar refractivity (Wildman–Crippen MR) is 72.4 cm³/mol. The van der Waals surface area contributed by atoms with Gasteiger partial charge in [-0.15, -0.1) is 11.6 Å². The first-order valence-corrected chi connectivity index (χ1v) is 6.25. The molecule has 16 heavy (non-hydrogen) atoms. The van der Waals surface area contributed by atoms with E-state index in [9.17, 15) is 0 Å². The molecule has 0 amide bonds. The average Bonchev–Trinajstić information content (AvgIpc) is 2.24. The topological polar surface area (TPSA) is 0 Å². The van der Waals surface area contributed by atoms with Gasteiger partial charge in [0.15, 0.2) is 4.33 Å². The lowest BCUT2D eigenvalue weighted by Gasteiger charge is -2.28. The van der Waals surface area contributed by atoms with Crippen molar-refractivity contribution < 1.29 is 0 Å². The van der Waals surface area contributed by atoms with Gasteiger partial charge in [-0.1, -0.05) is 65.1 Å². The minimum absolute atomic E-state index is 0.501. The summed E-state index contributed by atoms with van der Waals surface area (Å²) < 4.78 is -1.17. The molecule has 0 aliphatic heterocycles. The highest BCUT2D eigenvalue weighted by Gasteiger charge is 2.37. The van der Waals surface area contributed by atoms with Gasteiger partial charge in [-0.2, -0.15) is 0 Å². The second-order valence-corrected chi connectivity index (χ2v) is 5.85. The standard InChI is InChI=1S/C12H8Cl4/c13-9-6-10(8-4-2-1-3-5-8)11(14)12(15,16)7-9/h1-7,11H. The molecule has 1 aliphatic carbocycles. The molecule has 2 rings (SSSR count). The highest BCUT2D eigenvalue weighted by molar-refractivity contribution is 6.56. The normalized spacial score (nSPS) is 23.6. The Balaban J connectivity index is 2.46. The summed E-state index contributed by atoms with van der Waals surface area (Å²) in [5.41, 5.74) is 1.80. The quantitative estimate of drug-likeness (QED) is 0.640. The molecule has 0 nitrogen and oxygen atoms in total. The molecule has 84 valence electrons. The maximum atomic E-state index is 6.24. The van der Waals surface area contributed by atoms with Gasteiger partial charge in [0.25, 0.3) is 0 Å². The van der Waals surface area contributed by atoms with Gasteiger partial charge in [-0.25, -0.2) is 0 Å². The summed E-state index contributed by atoms with van der Waals surface area (Å²) in [7, 11) is 0. The molecule has 0 bridgehead atoms. The van der Waals surface area contributed by atoms with Crippen molar-refractivity contribution in [3.05, 3.63) is 53.1 Å². The van der Waals surface area contributed by atoms with Gasteiger partial charge in [0, 0.05) is 5.03 Å². The van der Waals surface area contributed by atoms with Crippen LogP contribution in [0.3, 0.4) is 0 Å². The van der Waals surface area contributed by atoms with E-state index >= 15 is 0 Å². The summed E-state index contributed by atoms with van der Waals surface area (Å²) >= 11 is 24.4. The van der Waals surface area contributed by atoms with E-state index in [2.05, 4.69) is 0 Å². The third kappa shape index (κ3) is 2.41. The number of hydrogen-bond acceptors (Lipinski definition) is 0. The van der Waals surface area contributed by atoms with Crippen LogP contribution in [-0.4, -0.2) is 9.71 Å². The summed E-state index contributed by atoms with van der Waals surface area (Å²) in [4.78, 5) is 0. The van der Waals surface area contributed by atoms with Gasteiger partial charge in [-0.05, 0) is 23.3 Å². The van der Waals surface area contributed by atoms with Crippen molar-refractivity contribution >= 4 is 52.0 Å². The van der Waals surface area contributed by atoms with E-state index in [4.69, 9.17) is 46.4 Å². The first kappa shape index (κ1) is 12.3. The summed E-state index contributed by atoms with van der Waals surface area (Å²) in [6.45, 7) is 0. The molecule has 1 aromatic rings. The molecule has 0 aromatic heterocycles. The Morgan fingerprint density at radius 2 is 1.69 bits per heavy atom. The Bertz CT molecular complexity index is 445. The van der Waals surface area contributed by atoms with E-state index < -0.39 is 9.71 Å². The minimum Gasteiger partial charge on any atom is -0.114 e. The van der Waals surface area contributed by atoms with Crippen LogP contribution in [0.5, 0.6) is 0 Å². The SMILES string of the molecule is ClC1=CC(Cl)(Cl)C(Cl)C(c2ccccc2)=C1. The number of rotatable bonds is 1. The summed E-state index contributed by atoms with van der Waals surface area (Å²) in [6, 6.07) is 9.68. The first-order valence-electron chi connectivity index (χ1n) is 4.68. The molecular weight excluding hydrogens is 286 g/mol. The van der Waals surface area contributed by atoms with Gasteiger partial charge < -0.3 is 0 Å². The Labute approximate surface area is 114 Å². The van der Waals surface area contributed by atoms with Crippen LogP contribution in [0.15, 0.2) is 47.5 Å². The first-order chi connectivity index (χ1) is 7.50. The van der Waals surface area contributed by atoms with E-state index in [1.54, 1.807) is 12.2 Å². The highest BCUT2D eigenvalue weighted by atomic mass is 35.5. The largest absolute Gasteiger partial charge is 0.158 e. The van der Waals surface area contributed by atoms with Gasteiger partial charge in [0.2, 0.25) is 0 Å². The fraction of sp³-hybridized carbons (Fsp3) is 0.167. The number of halogens is 4. The molecule has 0 heterocycles. The van der Waals surface area contributed by atoms with Crippen LogP contribution in [0.2, 0.25) is 0 Å². The Morgan fingerprint density at radius 3 is 2.31 bits per heavy atom. The maximum Gasteiger partial charge on any atom is 0.158 e. The highest BCUT2D eigenvalue weighted by Crippen LogP contribution is 2.44. The van der Waals surface area contributed by atoms with Crippen LogP contribution in [0.25, 0.3) is 5.57 Å². The maximum absolute atomic E-state index is 6.24. The van der Waals surface area contributed by atoms with Gasteiger partial charge >= 0.3 is 0 Å². The number of hydrogen-bond donors (Lipinski definition) is 0. The van der Waals surface area contributed by atoms with Crippen LogP contribution in [0, 0.1) is 0 Å². The molecule has 0 saturated heterocycles. The smallest absolute Gasteiger partial charge is 0.114 e. The van der Waals surface area contributed by atoms with E-state index in [1.165, 1.54) is 0 Å². The second kappa shape index (κ2) is 4.62. The van der Waals surface area contributed by atoms with Crippen LogP contribution in [-0.2, 0) is 0 Å². The number of alkyl halides is 3. The Hall–Kier alpha value is -0.140. The van der Waals surface area contributed by atoms with Crippen molar-refractivity contribution in [2.45, 2.75) is 9.71 Å². The molecule has 0 saturated carbocycles. The van der Waals surface area contributed by atoms with Crippen LogP contribution < -0.4 is 0 Å². The zero-order valence-electron chi connectivity index (χ0n) is 8.13. The van der Waals surface area contributed by atoms with E-state index in [1.807, 2.05) is 30.3 Å². The molecule has 1 aromatic carbocycles. The van der Waals surface area contributed by atoms with E-state index in [0.717, 1.165) is 11.1 Å². The van der Waals surface area contributed by atoms with E-state index in [0.29, 0.717) is 5.03 Å². The second-order valence-electron chi connectivity index (χ2n) is 3.53. The minimum atomic E-state index is -1.17. The summed E-state index contributed by atoms with van der Waals surface area (Å²) in [5.74, 6) is 0. The van der Waals surface area contributed by atoms with Crippen LogP contribution >= 0.6 is 46.4 Å². The molecular formula is C12H8Cl4. The third-order valence-electron chi connectivity index (χ3n) is 2.34. The van der Waals surface area contributed by atoms with Crippen molar-refractivity contribution in [3.63, 3.8) is 0 Å². The molecule has 0 spiro atoms. The van der Waals surface area contributed by atoms with Crippen LogP contribution in [0.1, 0.15) is 5.56 Å². The molecule has 1 unspecified atom stereocenters. The van der Waals surface area contributed by atoms with Crippen molar-refractivity contribution in [1.29, 1.82) is 0 Å². The summed E-state index contributed by atoms with van der Waals surface area (Å²) in [5, 5.41) is -0.0125. The molecule has 1 aliphatic rings. The van der Waals surface area contributed by atoms with Crippen molar-refractivity contribution in [3.8, 4) is 0 Å². The fourth-order valence-corrected chi connectivity index (χ4v) is 2.71. The molecule has 1 atom stereocenters. The van der Waals surface area contributed by atoms with Gasteiger partial charge in [0.05, 0.1) is 5.38 Å². The Morgan fingerprint density at radius 1 is 1.06 bits per heavy atom. The number of allylic oxidation sites excluding steroid dienone is 4. The molecule has 0 N–H and O–H groups in total. The summed E-state index contributed by atoms with van der Waals surface area (Å²) in [6.07, 6.45) is 3.33. The monoisotopic (exact) mass is 292 g/mol. The van der Waals surface area contributed by atoms with Crippen molar-refractivity contribution in [2.24, 2.45) is 0 Å². The lowest BCUT2D eigenvalue weighted by molar-refractivity contribution is 0.982. The van der Waals surface area contributed by atoms with E-state index in [-0.39, 0.29) is 0 Å². The van der Waals surface area contributed by atoms with Gasteiger partial charge in [0.1, 0.15) is 0 Å². The molecule has 4 heteroatoms. The molecule has 0 radical (unpaired) electrons. The Kier molecular flexibility index (Phi) is 3.56. The van der Waals surface area contributed by atoms with Gasteiger partial charge in [-0.3, -0.25) is 0 Å². The fourth-order valence-electron chi connectivity index (χ4n) is 1.59. The zero-order chi connectivity index (χ0) is 11.8. The molecule has 0 fully saturated rings. The third-order valence-corrected chi connectivity index (χ3v) is 4.02. The lowest BCUT2D eigenvalue weighted by atomic mass is 9.96. The lowest BCUT2D eigenvalue weighted by Crippen LogP contribution is -2.28. The zero-order valence-corrected chi connectivity index (χ0v) is 11.2. The van der Waals surface area contributed by atoms with Crippen molar-refractivity contribution in [1.82, 2.24) is 0 Å².